The van der Waals surface area contributed by atoms with Gasteiger partial charge in [0.15, 0.2) is 0 Å². The highest BCUT2D eigenvalue weighted by atomic mass is 16.2. The lowest BCUT2D eigenvalue weighted by Crippen LogP contribution is -2.68. The van der Waals surface area contributed by atoms with E-state index in [2.05, 4.69) is 35.9 Å². The van der Waals surface area contributed by atoms with E-state index in [9.17, 15) is 9.59 Å². The normalized spacial score (nSPS) is 29.3. The van der Waals surface area contributed by atoms with Gasteiger partial charge in [-0.2, -0.15) is 0 Å². The van der Waals surface area contributed by atoms with Crippen molar-refractivity contribution in [2.45, 2.75) is 58.0 Å². The average Bonchev–Trinajstić information content (AvgIpc) is 3.14. The number of piperidine rings is 3. The molecular formula is C23H31N5O2. The van der Waals surface area contributed by atoms with Gasteiger partial charge in [-0.3, -0.25) is 9.59 Å². The molecule has 4 atom stereocenters. The zero-order valence-electron chi connectivity index (χ0n) is 17.9. The molecule has 3 aliphatic rings. The average molecular weight is 410 g/mol. The van der Waals surface area contributed by atoms with E-state index in [1.54, 1.807) is 0 Å². The number of imidazole rings is 1. The number of likely N-dealkylation sites (tertiary alicyclic amines) is 1. The monoisotopic (exact) mass is 409 g/mol. The fourth-order valence-electron chi connectivity index (χ4n) is 6.05. The van der Waals surface area contributed by atoms with E-state index in [4.69, 9.17) is 10.7 Å². The molecule has 30 heavy (non-hydrogen) atoms. The van der Waals surface area contributed by atoms with Gasteiger partial charge in [-0.1, -0.05) is 6.07 Å². The number of hydrogen-bond acceptors (Lipinski definition) is 4. The summed E-state index contributed by atoms with van der Waals surface area (Å²) in [5, 5.41) is 0. The van der Waals surface area contributed by atoms with Crippen LogP contribution in [0, 0.1) is 25.7 Å². The van der Waals surface area contributed by atoms with Gasteiger partial charge in [0.05, 0.1) is 11.0 Å². The highest BCUT2D eigenvalue weighted by Gasteiger charge is 2.51. The number of H-pyrrole nitrogens is 1. The number of benzene rings is 1. The molecule has 5 rings (SSSR count). The summed E-state index contributed by atoms with van der Waals surface area (Å²) in [6.07, 6.45) is 4.31. The molecule has 0 saturated carbocycles. The van der Waals surface area contributed by atoms with Crippen LogP contribution in [0.3, 0.4) is 0 Å². The number of aromatic nitrogens is 2. The van der Waals surface area contributed by atoms with Crippen LogP contribution in [0.4, 0.5) is 0 Å². The maximum atomic E-state index is 12.6. The largest absolute Gasteiger partial charge is 0.368 e. The second-order valence-electron chi connectivity index (χ2n) is 9.46. The van der Waals surface area contributed by atoms with Crippen LogP contribution >= 0.6 is 0 Å². The van der Waals surface area contributed by atoms with E-state index in [0.717, 1.165) is 62.2 Å². The maximum absolute atomic E-state index is 12.6. The smallest absolute Gasteiger partial charge is 0.240 e. The molecule has 3 aliphatic heterocycles. The third-order valence-electron chi connectivity index (χ3n) is 7.60. The summed E-state index contributed by atoms with van der Waals surface area (Å²) in [5.41, 5.74) is 10.4. The van der Waals surface area contributed by atoms with Crippen LogP contribution in [0.25, 0.3) is 11.0 Å². The van der Waals surface area contributed by atoms with E-state index in [1.807, 2.05) is 4.90 Å². The van der Waals surface area contributed by atoms with Crippen molar-refractivity contribution in [1.29, 1.82) is 0 Å². The minimum absolute atomic E-state index is 0.117. The first-order valence-electron chi connectivity index (χ1n) is 11.2. The zero-order valence-corrected chi connectivity index (χ0v) is 17.9. The van der Waals surface area contributed by atoms with Crippen LogP contribution in [-0.4, -0.2) is 63.3 Å². The molecule has 2 bridgehead atoms. The van der Waals surface area contributed by atoms with Crippen molar-refractivity contribution < 1.29 is 9.59 Å². The number of fused-ring (bicyclic) bond motifs is 5. The molecule has 160 valence electrons. The third kappa shape index (κ3) is 3.20. The lowest BCUT2D eigenvalue weighted by Gasteiger charge is -2.55. The molecule has 1 aromatic carbocycles. The van der Waals surface area contributed by atoms with Crippen LogP contribution in [0.1, 0.15) is 42.6 Å². The fraction of sp³-hybridized carbons (Fsp3) is 0.609. The Morgan fingerprint density at radius 1 is 1.27 bits per heavy atom. The fourth-order valence-corrected chi connectivity index (χ4v) is 6.05. The van der Waals surface area contributed by atoms with Crippen molar-refractivity contribution in [2.75, 3.05) is 19.6 Å². The molecule has 7 heteroatoms. The van der Waals surface area contributed by atoms with Crippen molar-refractivity contribution in [1.82, 2.24) is 19.8 Å². The summed E-state index contributed by atoms with van der Waals surface area (Å²) in [6.45, 7) is 6.93. The van der Waals surface area contributed by atoms with E-state index in [-0.39, 0.29) is 23.8 Å². The Balaban J connectivity index is 1.32. The summed E-state index contributed by atoms with van der Waals surface area (Å²) < 4.78 is 0. The summed E-state index contributed by atoms with van der Waals surface area (Å²) in [7, 11) is 0. The molecule has 0 radical (unpaired) electrons. The second kappa shape index (κ2) is 7.38. The van der Waals surface area contributed by atoms with Crippen molar-refractivity contribution in [3.63, 3.8) is 0 Å². The van der Waals surface area contributed by atoms with Crippen molar-refractivity contribution in [2.24, 2.45) is 17.6 Å². The number of hydrogen-bond donors (Lipinski definition) is 2. The number of aromatic amines is 1. The lowest BCUT2D eigenvalue weighted by molar-refractivity contribution is -0.159. The summed E-state index contributed by atoms with van der Waals surface area (Å²) in [4.78, 5) is 37.5. The van der Waals surface area contributed by atoms with E-state index in [1.165, 1.54) is 11.1 Å². The van der Waals surface area contributed by atoms with E-state index >= 15 is 0 Å². The van der Waals surface area contributed by atoms with Crippen LogP contribution in [0.15, 0.2) is 12.1 Å². The summed E-state index contributed by atoms with van der Waals surface area (Å²) in [5.74, 6) is 1.36. The van der Waals surface area contributed by atoms with Gasteiger partial charge in [-0.25, -0.2) is 4.98 Å². The van der Waals surface area contributed by atoms with Gasteiger partial charge in [0, 0.05) is 44.4 Å². The number of amides is 2. The molecule has 2 aromatic rings. The number of carbonyl (C=O) groups is 2. The standard InChI is InChI=1S/C23H31N5O2/c1-13-6-7-17-21(14(13)2)26-19(25-17)8-9-27-11-15-10-16(12-27)22(23(24)30)28-18(15)4-3-5-20(28)29/h6-7,15-16,18,22H,3-5,8-12H2,1-2H3,(H2,24,30)(H,25,26)/t15-,16+,18+,22-/m1/s1. The maximum Gasteiger partial charge on any atom is 0.240 e. The van der Waals surface area contributed by atoms with Gasteiger partial charge in [0.1, 0.15) is 11.9 Å². The first-order chi connectivity index (χ1) is 14.4. The van der Waals surface area contributed by atoms with Crippen LogP contribution in [-0.2, 0) is 16.0 Å². The third-order valence-corrected chi connectivity index (χ3v) is 7.60. The van der Waals surface area contributed by atoms with Crippen LogP contribution in [0.2, 0.25) is 0 Å². The Labute approximate surface area is 177 Å². The van der Waals surface area contributed by atoms with Gasteiger partial charge >= 0.3 is 0 Å². The molecule has 7 nitrogen and oxygen atoms in total. The Morgan fingerprint density at radius 2 is 2.07 bits per heavy atom. The number of primary amides is 1. The minimum atomic E-state index is -0.446. The van der Waals surface area contributed by atoms with Crippen LogP contribution < -0.4 is 5.73 Å². The Bertz CT molecular complexity index is 999. The van der Waals surface area contributed by atoms with Crippen molar-refractivity contribution in [3.8, 4) is 0 Å². The molecule has 3 fully saturated rings. The van der Waals surface area contributed by atoms with Crippen molar-refractivity contribution >= 4 is 22.8 Å². The zero-order chi connectivity index (χ0) is 21.0. The topological polar surface area (TPSA) is 95.3 Å². The molecule has 1 aromatic heterocycles. The Morgan fingerprint density at radius 3 is 2.87 bits per heavy atom. The molecule has 0 spiro atoms. The number of rotatable bonds is 4. The van der Waals surface area contributed by atoms with E-state index < -0.39 is 6.04 Å². The molecule has 0 aliphatic carbocycles. The highest BCUT2D eigenvalue weighted by molar-refractivity contribution is 5.88. The molecule has 3 N–H and O–H groups in total. The SMILES string of the molecule is Cc1ccc2[nH]c(CCN3C[C@H]4C[C@@H](C3)[C@H](C(N)=O)N3C(=O)CCC[C@@H]43)nc2c1C. The van der Waals surface area contributed by atoms with Gasteiger partial charge in [0.2, 0.25) is 11.8 Å². The van der Waals surface area contributed by atoms with Gasteiger partial charge in [0.25, 0.3) is 0 Å². The molecule has 0 unspecified atom stereocenters. The Kier molecular flexibility index (Phi) is 4.81. The molecule has 2 amide bonds. The minimum Gasteiger partial charge on any atom is -0.368 e. The molecular weight excluding hydrogens is 378 g/mol. The van der Waals surface area contributed by atoms with E-state index in [0.29, 0.717) is 12.3 Å². The van der Waals surface area contributed by atoms with Crippen LogP contribution in [0.5, 0.6) is 0 Å². The van der Waals surface area contributed by atoms with Gasteiger partial charge in [-0.15, -0.1) is 0 Å². The number of carbonyl (C=O) groups excluding carboxylic acids is 2. The van der Waals surface area contributed by atoms with Gasteiger partial charge in [-0.05, 0) is 56.2 Å². The Hall–Kier alpha value is -2.41. The first kappa shape index (κ1) is 19.5. The number of aryl methyl sites for hydroxylation is 2. The number of nitrogens with one attached hydrogen (secondary N) is 1. The number of nitrogens with two attached hydrogens (primary N) is 1. The van der Waals surface area contributed by atoms with Crippen molar-refractivity contribution in [3.05, 3.63) is 29.1 Å². The lowest BCUT2D eigenvalue weighted by atomic mass is 9.72. The molecule has 4 heterocycles. The quantitative estimate of drug-likeness (QED) is 0.806. The molecule has 3 saturated heterocycles. The number of nitrogens with zero attached hydrogens (tertiary/aromatic N) is 3. The first-order valence-corrected chi connectivity index (χ1v) is 11.2. The predicted molar refractivity (Wildman–Crippen MR) is 115 cm³/mol. The van der Waals surface area contributed by atoms with Gasteiger partial charge < -0.3 is 20.5 Å². The predicted octanol–water partition coefficient (Wildman–Crippen LogP) is 1.91. The summed E-state index contributed by atoms with van der Waals surface area (Å²) in [6, 6.07) is 3.95. The summed E-state index contributed by atoms with van der Waals surface area (Å²) >= 11 is 0. The highest BCUT2D eigenvalue weighted by Crippen LogP contribution is 2.41. The second-order valence-corrected chi connectivity index (χ2v) is 9.46.